The second-order valence-corrected chi connectivity index (χ2v) is 13.2. The average molecular weight is 558 g/mol. The normalized spacial score (nSPS) is 33.2. The van der Waals surface area contributed by atoms with E-state index in [4.69, 9.17) is 30.6 Å². The molecule has 1 saturated carbocycles. The third-order valence-electron chi connectivity index (χ3n) is 6.38. The number of hydrogen-bond donors (Lipinski definition) is 4. The molecule has 0 radical (unpaired) electrons. The van der Waals surface area contributed by atoms with Crippen LogP contribution in [-0.4, -0.2) is 78.5 Å². The largest absolute Gasteiger partial charge is 0.387 e. The minimum Gasteiger partial charge on any atom is -0.387 e. The summed E-state index contributed by atoms with van der Waals surface area (Å²) < 4.78 is 49.4. The van der Waals surface area contributed by atoms with Gasteiger partial charge in [0.05, 0.1) is 6.61 Å². The van der Waals surface area contributed by atoms with Crippen LogP contribution in [0, 0.1) is 11.8 Å². The van der Waals surface area contributed by atoms with Crippen LogP contribution in [0.25, 0.3) is 0 Å². The maximum absolute atomic E-state index is 15.2. The van der Waals surface area contributed by atoms with Crippen molar-refractivity contribution < 1.29 is 42.6 Å². The van der Waals surface area contributed by atoms with E-state index in [-0.39, 0.29) is 10.8 Å². The first-order chi connectivity index (χ1) is 16.4. The number of anilines is 1. The summed E-state index contributed by atoms with van der Waals surface area (Å²) in [6, 6.07) is 0. The molecule has 1 aliphatic carbocycles. The lowest BCUT2D eigenvalue weighted by Gasteiger charge is -2.23. The van der Waals surface area contributed by atoms with E-state index in [1.807, 2.05) is 4.90 Å². The number of rotatable bonds is 8. The molecule has 1 aromatic rings. The molecule has 4 rings (SSSR count). The molecule has 3 fully saturated rings. The lowest BCUT2D eigenvalue weighted by atomic mass is 10.0. The average Bonchev–Trinajstić information content (AvgIpc) is 3.41. The highest BCUT2D eigenvalue weighted by Crippen LogP contribution is 2.55. The first-order valence-corrected chi connectivity index (χ1v) is 14.9. The Hall–Kier alpha value is -1.21. The maximum Gasteiger partial charge on any atom is 0.340 e. The summed E-state index contributed by atoms with van der Waals surface area (Å²) >= 11 is 6.16. The van der Waals surface area contributed by atoms with Crippen LogP contribution in [0.3, 0.4) is 0 Å². The third-order valence-corrected chi connectivity index (χ3v) is 10.00. The van der Waals surface area contributed by atoms with Crippen LogP contribution in [-0.2, 0) is 18.4 Å². The summed E-state index contributed by atoms with van der Waals surface area (Å²) in [5.41, 5.74) is 0.111. The Balaban J connectivity index is 1.59. The molecule has 3 heterocycles. The van der Waals surface area contributed by atoms with Crippen LogP contribution < -0.4 is 10.4 Å². The van der Waals surface area contributed by atoms with Gasteiger partial charge in [-0.25, -0.2) is 14.1 Å². The number of alkyl halides is 1. The summed E-state index contributed by atoms with van der Waals surface area (Å²) in [7, 11) is -9.59. The summed E-state index contributed by atoms with van der Waals surface area (Å²) in [5.74, 6) is -0.0385. The molecule has 3 unspecified atom stereocenters. The van der Waals surface area contributed by atoms with E-state index in [1.54, 1.807) is 0 Å². The van der Waals surface area contributed by atoms with Gasteiger partial charge in [-0.2, -0.15) is 4.98 Å². The van der Waals surface area contributed by atoms with Gasteiger partial charge in [0.2, 0.25) is 5.28 Å². The Kier molecular flexibility index (Phi) is 7.88. The molecule has 13 nitrogen and oxygen atoms in total. The van der Waals surface area contributed by atoms with Gasteiger partial charge in [0, 0.05) is 19.3 Å². The number of aromatic nitrogens is 3. The highest BCUT2D eigenvalue weighted by molar-refractivity contribution is 7.70. The second-order valence-electron chi connectivity index (χ2n) is 8.88. The van der Waals surface area contributed by atoms with Crippen LogP contribution in [0.1, 0.15) is 25.5 Å². The zero-order valence-electron chi connectivity index (χ0n) is 18.5. The summed E-state index contributed by atoms with van der Waals surface area (Å²) in [5, 5.41) is 14.2. The SMILES string of the molecule is C=CN=c1c(N2CC3CCCC3C2)nc(Cl)nn1[C@@H]1O[C@H](COP(=O)(O)CP(=O)(O)O)[C@@H](O)[C@@H]1F. The van der Waals surface area contributed by atoms with Crippen molar-refractivity contribution in [3.8, 4) is 0 Å². The van der Waals surface area contributed by atoms with Crippen LogP contribution >= 0.6 is 26.8 Å². The molecule has 1 aromatic heterocycles. The van der Waals surface area contributed by atoms with E-state index in [2.05, 4.69) is 21.7 Å². The van der Waals surface area contributed by atoms with Gasteiger partial charge in [0.1, 0.15) is 12.2 Å². The third kappa shape index (κ3) is 6.03. The fraction of sp³-hybridized carbons (Fsp3) is 0.722. The minimum absolute atomic E-state index is 0.111. The van der Waals surface area contributed by atoms with E-state index < -0.39 is 52.3 Å². The minimum atomic E-state index is -4.86. The van der Waals surface area contributed by atoms with Crippen LogP contribution in [0.4, 0.5) is 10.2 Å². The van der Waals surface area contributed by atoms with E-state index in [9.17, 15) is 19.1 Å². The molecule has 7 atom stereocenters. The zero-order chi connectivity index (χ0) is 25.5. The van der Waals surface area contributed by atoms with Crippen molar-refractivity contribution in [1.29, 1.82) is 0 Å². The molecule has 0 bridgehead atoms. The molecule has 0 aromatic carbocycles. The van der Waals surface area contributed by atoms with Gasteiger partial charge in [-0.15, -0.1) is 5.10 Å². The number of fused-ring (bicyclic) bond motifs is 1. The number of aliphatic hydroxyl groups excluding tert-OH is 1. The predicted octanol–water partition coefficient (Wildman–Crippen LogP) is 1.15. The van der Waals surface area contributed by atoms with Crippen molar-refractivity contribution in [1.82, 2.24) is 14.8 Å². The van der Waals surface area contributed by atoms with Gasteiger partial charge in [-0.05, 0) is 36.3 Å². The molecule has 0 spiro atoms. The van der Waals surface area contributed by atoms with E-state index in [0.717, 1.165) is 30.6 Å². The fourth-order valence-electron chi connectivity index (χ4n) is 4.90. The Bertz CT molecular complexity index is 1120. The van der Waals surface area contributed by atoms with E-state index >= 15 is 4.39 Å². The fourth-order valence-corrected chi connectivity index (χ4v) is 7.63. The molecule has 2 saturated heterocycles. The molecule has 2 aliphatic heterocycles. The number of hydrogen-bond acceptors (Lipinski definition) is 9. The van der Waals surface area contributed by atoms with Gasteiger partial charge >= 0.3 is 15.2 Å². The van der Waals surface area contributed by atoms with Crippen molar-refractivity contribution in [3.63, 3.8) is 0 Å². The van der Waals surface area contributed by atoms with Gasteiger partial charge in [-0.1, -0.05) is 13.0 Å². The first kappa shape index (κ1) is 26.8. The monoisotopic (exact) mass is 557 g/mol. The standard InChI is InChI=1S/C18H27ClFN5O8P2/c1-2-21-15-16(24-6-10-4-3-5-11(10)7-24)22-18(19)23-25(15)17-13(20)14(26)12(33-17)8-32-35(30,31)9-34(27,28)29/h2,10-14,17,26H,1,3-9H2,(H,30,31)(H2,27,28,29)/t10?,11?,12-,13+,14-,17-/m1/s1. The molecule has 4 N–H and O–H groups in total. The van der Waals surface area contributed by atoms with E-state index in [0.29, 0.717) is 17.7 Å². The lowest BCUT2D eigenvalue weighted by Crippen LogP contribution is -2.39. The van der Waals surface area contributed by atoms with Gasteiger partial charge in [0.25, 0.3) is 0 Å². The maximum atomic E-state index is 15.2. The zero-order valence-corrected chi connectivity index (χ0v) is 21.1. The summed E-state index contributed by atoms with van der Waals surface area (Å²) in [4.78, 5) is 38.0. The van der Waals surface area contributed by atoms with Gasteiger partial charge < -0.3 is 33.9 Å². The molecule has 196 valence electrons. The topological polar surface area (TPSA) is 180 Å². The molecule has 0 amide bonds. The molecular formula is C18H27ClFN5O8P2. The Morgan fingerprint density at radius 2 is 1.94 bits per heavy atom. The highest BCUT2D eigenvalue weighted by Gasteiger charge is 2.48. The van der Waals surface area contributed by atoms with Crippen molar-refractivity contribution in [2.75, 3.05) is 30.5 Å². The van der Waals surface area contributed by atoms with Crippen LogP contribution in [0.5, 0.6) is 0 Å². The lowest BCUT2D eigenvalue weighted by molar-refractivity contribution is -0.0514. The van der Waals surface area contributed by atoms with Crippen LogP contribution in [0.15, 0.2) is 17.8 Å². The molecule has 35 heavy (non-hydrogen) atoms. The Labute approximate surface area is 204 Å². The number of halogens is 2. The highest BCUT2D eigenvalue weighted by atomic mass is 35.5. The Morgan fingerprint density at radius 3 is 2.54 bits per heavy atom. The molecular weight excluding hydrogens is 531 g/mol. The smallest absolute Gasteiger partial charge is 0.340 e. The molecule has 17 heteroatoms. The van der Waals surface area contributed by atoms with Crippen molar-refractivity contribution in [2.45, 2.75) is 43.9 Å². The number of aliphatic hydroxyl groups is 1. The number of nitrogens with zero attached hydrogens (tertiary/aromatic N) is 5. The van der Waals surface area contributed by atoms with Crippen LogP contribution in [0.2, 0.25) is 5.28 Å². The molecule has 3 aliphatic rings. The van der Waals surface area contributed by atoms with Crippen molar-refractivity contribution in [3.05, 3.63) is 23.6 Å². The van der Waals surface area contributed by atoms with Crippen molar-refractivity contribution in [2.24, 2.45) is 16.8 Å². The van der Waals surface area contributed by atoms with Crippen molar-refractivity contribution >= 4 is 32.6 Å². The summed E-state index contributed by atoms with van der Waals surface area (Å²) in [6.45, 7) is 4.25. The van der Waals surface area contributed by atoms with Gasteiger partial charge in [0.15, 0.2) is 29.6 Å². The predicted molar refractivity (Wildman–Crippen MR) is 121 cm³/mol. The second kappa shape index (κ2) is 10.3. The Morgan fingerprint density at radius 1 is 1.29 bits per heavy atom. The quantitative estimate of drug-likeness (QED) is 0.337. The number of ether oxygens (including phenoxy) is 1. The van der Waals surface area contributed by atoms with Gasteiger partial charge in [-0.3, -0.25) is 9.13 Å². The summed E-state index contributed by atoms with van der Waals surface area (Å²) in [6.07, 6.45) is -2.24. The van der Waals surface area contributed by atoms with E-state index in [1.165, 1.54) is 12.6 Å². The first-order valence-electron chi connectivity index (χ1n) is 10.9.